The standard InChI is InChI=1S/C23H28ClF2N5O2/c24-19-17(26)18-16(10-27-19)20(30-5-1-3-22(12-30)8-15(32)9-22)29-21(28-18)33-13-23-4-2-6-31(23)11-14(25)7-23/h10,14-15,32H,1-9,11-13H2/t14-,15-,22-,23+/m1/s1. The van der Waals surface area contributed by atoms with Crippen molar-refractivity contribution in [3.05, 3.63) is 17.2 Å². The van der Waals surface area contributed by atoms with Gasteiger partial charge in [-0.15, -0.1) is 0 Å². The lowest BCUT2D eigenvalue weighted by atomic mass is 9.62. The highest BCUT2D eigenvalue weighted by atomic mass is 35.5. The summed E-state index contributed by atoms with van der Waals surface area (Å²) in [4.78, 5) is 17.3. The Labute approximate surface area is 196 Å². The first-order valence-corrected chi connectivity index (χ1v) is 12.2. The lowest BCUT2D eigenvalue weighted by Gasteiger charge is -2.51. The highest BCUT2D eigenvalue weighted by Gasteiger charge is 2.50. The van der Waals surface area contributed by atoms with Gasteiger partial charge in [-0.25, -0.2) is 13.8 Å². The number of fused-ring (bicyclic) bond motifs is 2. The van der Waals surface area contributed by atoms with E-state index in [1.54, 1.807) is 0 Å². The third-order valence-corrected chi connectivity index (χ3v) is 8.39. The van der Waals surface area contributed by atoms with Crippen molar-refractivity contribution in [2.75, 3.05) is 37.7 Å². The van der Waals surface area contributed by atoms with Crippen LogP contribution in [0.5, 0.6) is 6.01 Å². The molecule has 7 nitrogen and oxygen atoms in total. The molecule has 1 N–H and O–H groups in total. The maximum absolute atomic E-state index is 15.0. The molecule has 1 spiro atoms. The Morgan fingerprint density at radius 1 is 1.18 bits per heavy atom. The van der Waals surface area contributed by atoms with Gasteiger partial charge in [0, 0.05) is 32.3 Å². The van der Waals surface area contributed by atoms with E-state index in [-0.39, 0.29) is 40.3 Å². The lowest BCUT2D eigenvalue weighted by Crippen LogP contribution is -2.52. The van der Waals surface area contributed by atoms with Gasteiger partial charge in [0.1, 0.15) is 24.1 Å². The molecule has 10 heteroatoms. The number of rotatable bonds is 4. The van der Waals surface area contributed by atoms with Gasteiger partial charge in [-0.3, -0.25) is 4.90 Å². The molecule has 0 aromatic carbocycles. The number of hydrogen-bond acceptors (Lipinski definition) is 7. The number of aliphatic hydroxyl groups is 1. The molecule has 3 saturated heterocycles. The average molecular weight is 480 g/mol. The summed E-state index contributed by atoms with van der Waals surface area (Å²) in [5.41, 5.74) is -0.194. The smallest absolute Gasteiger partial charge is 0.319 e. The van der Waals surface area contributed by atoms with Crippen LogP contribution in [-0.4, -0.2) is 75.6 Å². The van der Waals surface area contributed by atoms with Crippen LogP contribution in [0.3, 0.4) is 0 Å². The SMILES string of the molecule is O[C@H]1C[C@@]2(CCCN(c3nc(OC[C@@]45CCCN4C[C@H](F)C5)nc4c(F)c(Cl)ncc34)C2)C1. The summed E-state index contributed by atoms with van der Waals surface area (Å²) in [6, 6.07) is 0.0791. The molecular weight excluding hydrogens is 452 g/mol. The molecule has 2 aromatic heterocycles. The Kier molecular flexibility index (Phi) is 5.16. The minimum Gasteiger partial charge on any atom is -0.461 e. The van der Waals surface area contributed by atoms with E-state index in [1.165, 1.54) is 6.20 Å². The summed E-state index contributed by atoms with van der Waals surface area (Å²) in [6.45, 7) is 3.08. The van der Waals surface area contributed by atoms with Gasteiger partial charge in [-0.2, -0.15) is 9.97 Å². The van der Waals surface area contributed by atoms with Crippen LogP contribution in [0.2, 0.25) is 5.15 Å². The largest absolute Gasteiger partial charge is 0.461 e. The first-order chi connectivity index (χ1) is 15.9. The van der Waals surface area contributed by atoms with Crippen LogP contribution >= 0.6 is 11.6 Å². The van der Waals surface area contributed by atoms with E-state index in [0.717, 1.165) is 58.2 Å². The van der Waals surface area contributed by atoms with Crippen molar-refractivity contribution in [1.29, 1.82) is 0 Å². The molecule has 5 heterocycles. The van der Waals surface area contributed by atoms with Crippen molar-refractivity contribution >= 4 is 28.3 Å². The molecular formula is C23H28ClF2N5O2. The summed E-state index contributed by atoms with van der Waals surface area (Å²) < 4.78 is 35.2. The van der Waals surface area contributed by atoms with E-state index in [0.29, 0.717) is 24.2 Å². The van der Waals surface area contributed by atoms with Crippen LogP contribution in [-0.2, 0) is 0 Å². The molecule has 0 radical (unpaired) electrons. The predicted octanol–water partition coefficient (Wildman–Crippen LogP) is 3.51. The number of hydrogen-bond donors (Lipinski definition) is 1. The van der Waals surface area contributed by atoms with Crippen LogP contribution in [0.4, 0.5) is 14.6 Å². The third-order valence-electron chi connectivity index (χ3n) is 8.13. The van der Waals surface area contributed by atoms with Gasteiger partial charge in [0.15, 0.2) is 11.0 Å². The Bertz CT molecular complexity index is 1080. The van der Waals surface area contributed by atoms with E-state index in [9.17, 15) is 13.9 Å². The fourth-order valence-corrected chi connectivity index (χ4v) is 6.75. The Morgan fingerprint density at radius 2 is 2.00 bits per heavy atom. The Hall–Kier alpha value is -1.84. The van der Waals surface area contributed by atoms with Gasteiger partial charge in [0.05, 0.1) is 17.0 Å². The lowest BCUT2D eigenvalue weighted by molar-refractivity contribution is -0.0396. The van der Waals surface area contributed by atoms with E-state index in [4.69, 9.17) is 21.3 Å². The number of aliphatic hydroxyl groups excluding tert-OH is 1. The van der Waals surface area contributed by atoms with Gasteiger partial charge in [-0.05, 0) is 50.5 Å². The van der Waals surface area contributed by atoms with Gasteiger partial charge in [-0.1, -0.05) is 11.6 Å². The predicted molar refractivity (Wildman–Crippen MR) is 120 cm³/mol. The van der Waals surface area contributed by atoms with Crippen LogP contribution in [0.25, 0.3) is 10.9 Å². The fourth-order valence-electron chi connectivity index (χ4n) is 6.61. The summed E-state index contributed by atoms with van der Waals surface area (Å²) in [5.74, 6) is -0.118. The minimum atomic E-state index is -0.855. The van der Waals surface area contributed by atoms with Crippen molar-refractivity contribution in [2.45, 2.75) is 62.8 Å². The maximum Gasteiger partial charge on any atom is 0.319 e. The van der Waals surface area contributed by atoms with Gasteiger partial charge >= 0.3 is 6.01 Å². The van der Waals surface area contributed by atoms with Crippen LogP contribution in [0.15, 0.2) is 6.20 Å². The Balaban J connectivity index is 1.34. The monoisotopic (exact) mass is 479 g/mol. The highest BCUT2D eigenvalue weighted by molar-refractivity contribution is 6.30. The quantitative estimate of drug-likeness (QED) is 0.672. The molecule has 4 fully saturated rings. The first kappa shape index (κ1) is 21.7. The molecule has 3 aliphatic heterocycles. The molecule has 0 unspecified atom stereocenters. The second-order valence-corrected chi connectivity index (χ2v) is 10.8. The van der Waals surface area contributed by atoms with Gasteiger partial charge in [0.2, 0.25) is 0 Å². The van der Waals surface area contributed by atoms with E-state index >= 15 is 0 Å². The van der Waals surface area contributed by atoms with E-state index in [2.05, 4.69) is 19.8 Å². The third kappa shape index (κ3) is 3.63. The summed E-state index contributed by atoms with van der Waals surface area (Å²) in [7, 11) is 0. The number of aromatic nitrogens is 3. The van der Waals surface area contributed by atoms with Crippen molar-refractivity contribution in [3.8, 4) is 6.01 Å². The number of pyridine rings is 1. The molecule has 4 aliphatic rings. The molecule has 2 atom stereocenters. The molecule has 1 saturated carbocycles. The van der Waals surface area contributed by atoms with Crippen LogP contribution < -0.4 is 9.64 Å². The maximum atomic E-state index is 15.0. The topological polar surface area (TPSA) is 74.6 Å². The molecule has 0 amide bonds. The summed E-state index contributed by atoms with van der Waals surface area (Å²) >= 11 is 5.96. The van der Waals surface area contributed by atoms with E-state index in [1.807, 2.05) is 0 Å². The number of halogens is 3. The zero-order valence-corrected chi connectivity index (χ0v) is 19.2. The van der Waals surface area contributed by atoms with Crippen LogP contribution in [0.1, 0.15) is 44.9 Å². The number of alkyl halides is 1. The zero-order valence-electron chi connectivity index (χ0n) is 18.4. The van der Waals surface area contributed by atoms with Crippen molar-refractivity contribution in [1.82, 2.24) is 19.9 Å². The van der Waals surface area contributed by atoms with Crippen molar-refractivity contribution in [2.24, 2.45) is 5.41 Å². The van der Waals surface area contributed by atoms with Crippen molar-refractivity contribution < 1.29 is 18.6 Å². The number of piperidine rings is 1. The molecule has 178 valence electrons. The molecule has 2 aromatic rings. The minimum absolute atomic E-state index is 0.0671. The molecule has 1 aliphatic carbocycles. The van der Waals surface area contributed by atoms with Crippen molar-refractivity contribution in [3.63, 3.8) is 0 Å². The molecule has 0 bridgehead atoms. The average Bonchev–Trinajstić information content (AvgIpc) is 3.29. The number of nitrogens with zero attached hydrogens (tertiary/aromatic N) is 5. The molecule has 6 rings (SSSR count). The highest BCUT2D eigenvalue weighted by Crippen LogP contribution is 2.49. The summed E-state index contributed by atoms with van der Waals surface area (Å²) in [5, 5.41) is 10.2. The number of anilines is 1. The van der Waals surface area contributed by atoms with Gasteiger partial charge in [0.25, 0.3) is 0 Å². The number of ether oxygens (including phenoxy) is 1. The Morgan fingerprint density at radius 3 is 2.82 bits per heavy atom. The second-order valence-electron chi connectivity index (χ2n) is 10.4. The first-order valence-electron chi connectivity index (χ1n) is 11.8. The fraction of sp³-hybridized carbons (Fsp3) is 0.696. The van der Waals surface area contributed by atoms with Gasteiger partial charge < -0.3 is 14.7 Å². The van der Waals surface area contributed by atoms with E-state index < -0.39 is 12.0 Å². The molecule has 33 heavy (non-hydrogen) atoms. The summed E-state index contributed by atoms with van der Waals surface area (Å²) in [6.07, 6.45) is 6.31. The van der Waals surface area contributed by atoms with Crippen LogP contribution in [0, 0.1) is 11.2 Å². The normalized spacial score (nSPS) is 34.1. The second kappa shape index (κ2) is 7.85. The zero-order chi connectivity index (χ0) is 22.8.